The van der Waals surface area contributed by atoms with Gasteiger partial charge in [-0.1, -0.05) is 34.7 Å². The second kappa shape index (κ2) is 9.38. The van der Waals surface area contributed by atoms with E-state index in [1.54, 1.807) is 12.2 Å². The van der Waals surface area contributed by atoms with Crippen molar-refractivity contribution in [2.75, 3.05) is 13.2 Å². The Bertz CT molecular complexity index is 984. The summed E-state index contributed by atoms with van der Waals surface area (Å²) in [6, 6.07) is 11.1. The number of rotatable bonds is 7. The Morgan fingerprint density at radius 1 is 1.29 bits per heavy atom. The molecule has 0 saturated carbocycles. The maximum absolute atomic E-state index is 12.3. The molecule has 0 radical (unpaired) electrons. The van der Waals surface area contributed by atoms with E-state index in [1.807, 2.05) is 43.3 Å². The highest BCUT2D eigenvalue weighted by Crippen LogP contribution is 2.35. The second-order valence-corrected chi connectivity index (χ2v) is 7.79. The minimum absolute atomic E-state index is 0.230. The van der Waals surface area contributed by atoms with E-state index in [1.165, 1.54) is 0 Å². The molecule has 144 valence electrons. The Labute approximate surface area is 185 Å². The van der Waals surface area contributed by atoms with Crippen LogP contribution in [-0.2, 0) is 9.53 Å². The fourth-order valence-electron chi connectivity index (χ4n) is 2.53. The van der Waals surface area contributed by atoms with Crippen molar-refractivity contribution in [3.63, 3.8) is 0 Å². The van der Waals surface area contributed by atoms with Gasteiger partial charge in [0.25, 0.3) is 0 Å². The molecule has 0 N–H and O–H groups in total. The van der Waals surface area contributed by atoms with Crippen LogP contribution in [0, 0.1) is 3.57 Å². The van der Waals surface area contributed by atoms with Crippen LogP contribution in [0.4, 0.5) is 0 Å². The van der Waals surface area contributed by atoms with Gasteiger partial charge in [0.15, 0.2) is 17.2 Å². The van der Waals surface area contributed by atoms with Gasteiger partial charge < -0.3 is 14.2 Å². The molecular formula is C21H17BrINO4. The van der Waals surface area contributed by atoms with E-state index in [9.17, 15) is 4.79 Å². The molecule has 1 aliphatic rings. The number of benzene rings is 2. The Morgan fingerprint density at radius 2 is 2.11 bits per heavy atom. The van der Waals surface area contributed by atoms with Crippen LogP contribution in [0.15, 0.2) is 64.2 Å². The summed E-state index contributed by atoms with van der Waals surface area (Å²) >= 11 is 5.58. The Hall–Kier alpha value is -2.13. The fraction of sp³-hybridized carbons (Fsp3) is 0.143. The predicted molar refractivity (Wildman–Crippen MR) is 121 cm³/mol. The molecule has 0 aromatic heterocycles. The SMILES string of the molecule is C=CCOc1c(I)cc(/C=C2\N=C(c3cccc(Br)c3)OC2=O)cc1OCC. The van der Waals surface area contributed by atoms with Crippen molar-refractivity contribution in [3.05, 3.63) is 73.9 Å². The lowest BCUT2D eigenvalue weighted by atomic mass is 10.1. The highest BCUT2D eigenvalue weighted by atomic mass is 127. The molecule has 1 aliphatic heterocycles. The topological polar surface area (TPSA) is 57.1 Å². The minimum atomic E-state index is -0.491. The number of aliphatic imine (C=N–C) groups is 1. The van der Waals surface area contributed by atoms with E-state index in [-0.39, 0.29) is 11.6 Å². The summed E-state index contributed by atoms with van der Waals surface area (Å²) in [6.07, 6.45) is 3.35. The molecule has 0 aliphatic carbocycles. The van der Waals surface area contributed by atoms with Crippen molar-refractivity contribution in [2.24, 2.45) is 4.99 Å². The van der Waals surface area contributed by atoms with Crippen molar-refractivity contribution in [2.45, 2.75) is 6.92 Å². The zero-order valence-corrected chi connectivity index (χ0v) is 18.8. The first-order chi connectivity index (χ1) is 13.5. The monoisotopic (exact) mass is 553 g/mol. The largest absolute Gasteiger partial charge is 0.490 e. The summed E-state index contributed by atoms with van der Waals surface area (Å²) in [6.45, 7) is 6.44. The van der Waals surface area contributed by atoms with E-state index in [2.05, 4.69) is 50.1 Å². The molecule has 2 aromatic carbocycles. The van der Waals surface area contributed by atoms with Gasteiger partial charge in [0, 0.05) is 10.0 Å². The van der Waals surface area contributed by atoms with Crippen LogP contribution >= 0.6 is 38.5 Å². The lowest BCUT2D eigenvalue weighted by Crippen LogP contribution is -2.05. The van der Waals surface area contributed by atoms with E-state index in [4.69, 9.17) is 14.2 Å². The number of carbonyl (C=O) groups excluding carboxylic acids is 1. The molecule has 5 nitrogen and oxygen atoms in total. The van der Waals surface area contributed by atoms with Crippen LogP contribution in [0.1, 0.15) is 18.1 Å². The van der Waals surface area contributed by atoms with E-state index < -0.39 is 5.97 Å². The van der Waals surface area contributed by atoms with Crippen molar-refractivity contribution in [3.8, 4) is 11.5 Å². The smallest absolute Gasteiger partial charge is 0.363 e. The molecule has 7 heteroatoms. The van der Waals surface area contributed by atoms with Crippen molar-refractivity contribution in [1.82, 2.24) is 0 Å². The number of ether oxygens (including phenoxy) is 3. The highest BCUT2D eigenvalue weighted by molar-refractivity contribution is 14.1. The van der Waals surface area contributed by atoms with Crippen molar-refractivity contribution in [1.29, 1.82) is 0 Å². The Morgan fingerprint density at radius 3 is 2.82 bits per heavy atom. The predicted octanol–water partition coefficient (Wildman–Crippen LogP) is 5.36. The van der Waals surface area contributed by atoms with Crippen LogP contribution in [0.5, 0.6) is 11.5 Å². The minimum Gasteiger partial charge on any atom is -0.490 e. The van der Waals surface area contributed by atoms with Crippen LogP contribution < -0.4 is 9.47 Å². The molecule has 0 amide bonds. The molecule has 0 spiro atoms. The Balaban J connectivity index is 1.95. The van der Waals surface area contributed by atoms with Gasteiger partial charge in [-0.05, 0) is 71.5 Å². The van der Waals surface area contributed by atoms with Gasteiger partial charge in [0.1, 0.15) is 6.61 Å². The van der Waals surface area contributed by atoms with Gasteiger partial charge in [-0.25, -0.2) is 9.79 Å². The van der Waals surface area contributed by atoms with Gasteiger partial charge in [0.05, 0.1) is 10.2 Å². The molecule has 2 aromatic rings. The fourth-order valence-corrected chi connectivity index (χ4v) is 3.71. The average Bonchev–Trinajstić information content (AvgIpc) is 3.02. The van der Waals surface area contributed by atoms with Crippen LogP contribution in [-0.4, -0.2) is 25.1 Å². The second-order valence-electron chi connectivity index (χ2n) is 5.71. The molecular weight excluding hydrogens is 537 g/mol. The number of hydrogen-bond acceptors (Lipinski definition) is 5. The first kappa shape index (κ1) is 20.6. The zero-order chi connectivity index (χ0) is 20.1. The van der Waals surface area contributed by atoms with Crippen LogP contribution in [0.3, 0.4) is 0 Å². The molecule has 0 bridgehead atoms. The van der Waals surface area contributed by atoms with Crippen LogP contribution in [0.25, 0.3) is 6.08 Å². The summed E-state index contributed by atoms with van der Waals surface area (Å²) in [5.74, 6) is 1.04. The number of carbonyl (C=O) groups is 1. The molecule has 0 atom stereocenters. The maximum Gasteiger partial charge on any atom is 0.363 e. The van der Waals surface area contributed by atoms with Crippen molar-refractivity contribution >= 4 is 56.5 Å². The van der Waals surface area contributed by atoms with Gasteiger partial charge >= 0.3 is 5.97 Å². The van der Waals surface area contributed by atoms with Gasteiger partial charge in [0.2, 0.25) is 5.90 Å². The summed E-state index contributed by atoms with van der Waals surface area (Å²) in [4.78, 5) is 16.6. The standard InChI is InChI=1S/C21H17BrINO4/c1-3-8-27-19-16(23)9-13(11-18(19)26-4-2)10-17-21(25)28-20(24-17)14-6-5-7-15(22)12-14/h3,5-7,9-12H,1,4,8H2,2H3/b17-10-. The van der Waals surface area contributed by atoms with E-state index in [0.717, 1.165) is 19.2 Å². The molecule has 1 heterocycles. The van der Waals surface area contributed by atoms with Gasteiger partial charge in [-0.3, -0.25) is 0 Å². The van der Waals surface area contributed by atoms with Gasteiger partial charge in [-0.15, -0.1) is 0 Å². The third kappa shape index (κ3) is 4.82. The first-order valence-electron chi connectivity index (χ1n) is 8.50. The number of cyclic esters (lactones) is 1. The quantitative estimate of drug-likeness (QED) is 0.200. The molecule has 0 fully saturated rings. The average molecular weight is 554 g/mol. The third-order valence-electron chi connectivity index (χ3n) is 3.67. The lowest BCUT2D eigenvalue weighted by Gasteiger charge is -2.13. The highest BCUT2D eigenvalue weighted by Gasteiger charge is 2.24. The Kier molecular flexibility index (Phi) is 6.90. The third-order valence-corrected chi connectivity index (χ3v) is 4.97. The number of esters is 1. The molecule has 0 saturated heterocycles. The number of nitrogens with zero attached hydrogens (tertiary/aromatic N) is 1. The number of halogens is 2. The molecule has 3 rings (SSSR count). The molecule has 0 unspecified atom stereocenters. The normalized spacial score (nSPS) is 14.6. The summed E-state index contributed by atoms with van der Waals surface area (Å²) in [5, 5.41) is 0. The lowest BCUT2D eigenvalue weighted by molar-refractivity contribution is -0.129. The summed E-state index contributed by atoms with van der Waals surface area (Å²) < 4.78 is 18.5. The van der Waals surface area contributed by atoms with Crippen molar-refractivity contribution < 1.29 is 19.0 Å². The van der Waals surface area contributed by atoms with E-state index in [0.29, 0.717) is 24.7 Å². The zero-order valence-electron chi connectivity index (χ0n) is 15.1. The summed E-state index contributed by atoms with van der Waals surface area (Å²) in [5.41, 5.74) is 1.72. The first-order valence-corrected chi connectivity index (χ1v) is 10.4. The van der Waals surface area contributed by atoms with Crippen LogP contribution in [0.2, 0.25) is 0 Å². The summed E-state index contributed by atoms with van der Waals surface area (Å²) in [7, 11) is 0. The van der Waals surface area contributed by atoms with E-state index >= 15 is 0 Å². The number of hydrogen-bond donors (Lipinski definition) is 0. The maximum atomic E-state index is 12.3. The molecule has 28 heavy (non-hydrogen) atoms. The van der Waals surface area contributed by atoms with Gasteiger partial charge in [-0.2, -0.15) is 0 Å².